The van der Waals surface area contributed by atoms with E-state index in [2.05, 4.69) is 5.43 Å². The van der Waals surface area contributed by atoms with Gasteiger partial charge in [0.2, 0.25) is 0 Å². The number of hydrogen-bond acceptors (Lipinski definition) is 4. The van der Waals surface area contributed by atoms with E-state index in [-0.39, 0.29) is 6.04 Å². The molecule has 0 saturated heterocycles. The van der Waals surface area contributed by atoms with E-state index in [1.165, 1.54) is 0 Å². The number of thiophene rings is 1. The van der Waals surface area contributed by atoms with Crippen LogP contribution in [0.15, 0.2) is 28.0 Å². The van der Waals surface area contributed by atoms with Gasteiger partial charge in [-0.3, -0.25) is 5.84 Å². The van der Waals surface area contributed by atoms with E-state index in [4.69, 9.17) is 21.9 Å². The first kappa shape index (κ1) is 11.7. The quantitative estimate of drug-likeness (QED) is 0.653. The number of rotatable bonds is 4. The van der Waals surface area contributed by atoms with Crippen LogP contribution in [0.5, 0.6) is 0 Å². The van der Waals surface area contributed by atoms with Crippen LogP contribution >= 0.6 is 22.9 Å². The Balaban J connectivity index is 2.32. The Morgan fingerprint density at radius 2 is 2.31 bits per heavy atom. The Bertz CT molecular complexity index is 466. The van der Waals surface area contributed by atoms with Crippen LogP contribution < -0.4 is 11.3 Å². The predicted octanol–water partition coefficient (Wildman–Crippen LogP) is 3.11. The van der Waals surface area contributed by atoms with Gasteiger partial charge in [-0.25, -0.2) is 5.43 Å². The molecule has 0 aliphatic rings. The third-order valence-corrected chi connectivity index (χ3v) is 3.81. The third kappa shape index (κ3) is 2.15. The van der Waals surface area contributed by atoms with E-state index >= 15 is 0 Å². The van der Waals surface area contributed by atoms with Crippen LogP contribution in [0, 0.1) is 0 Å². The first-order valence-electron chi connectivity index (χ1n) is 5.04. The van der Waals surface area contributed by atoms with E-state index in [0.29, 0.717) is 5.02 Å². The van der Waals surface area contributed by atoms with Crippen molar-refractivity contribution in [2.75, 3.05) is 0 Å². The normalized spacial score (nSPS) is 12.9. The Morgan fingerprint density at radius 1 is 1.50 bits per heavy atom. The zero-order chi connectivity index (χ0) is 11.5. The number of halogens is 1. The molecule has 3 nitrogen and oxygen atoms in total. The van der Waals surface area contributed by atoms with Crippen LogP contribution in [0.3, 0.4) is 0 Å². The van der Waals surface area contributed by atoms with Crippen molar-refractivity contribution in [2.45, 2.75) is 19.4 Å². The van der Waals surface area contributed by atoms with Crippen molar-refractivity contribution in [1.82, 2.24) is 5.43 Å². The number of nitrogens with two attached hydrogens (primary N) is 1. The minimum atomic E-state index is -0.173. The van der Waals surface area contributed by atoms with Gasteiger partial charge in [0, 0.05) is 11.3 Å². The summed E-state index contributed by atoms with van der Waals surface area (Å²) in [5.41, 5.74) is 2.73. The van der Waals surface area contributed by atoms with Crippen LogP contribution in [0.4, 0.5) is 0 Å². The Hall–Kier alpha value is -0.810. The molecule has 1 atom stereocenters. The number of hydrazine groups is 1. The van der Waals surface area contributed by atoms with E-state index in [0.717, 1.165) is 22.8 Å². The molecule has 0 aliphatic heterocycles. The highest BCUT2D eigenvalue weighted by atomic mass is 35.5. The molecule has 2 heterocycles. The number of furan rings is 1. The smallest absolute Gasteiger partial charge is 0.127 e. The zero-order valence-electron chi connectivity index (χ0n) is 8.87. The van der Waals surface area contributed by atoms with Gasteiger partial charge in [-0.05, 0) is 23.6 Å². The molecule has 5 heteroatoms. The monoisotopic (exact) mass is 256 g/mol. The molecule has 0 aliphatic carbocycles. The van der Waals surface area contributed by atoms with E-state index in [1.807, 2.05) is 30.5 Å². The molecule has 0 fully saturated rings. The number of hydrogen-bond donors (Lipinski definition) is 2. The fraction of sp³-hybridized carbons (Fsp3) is 0.273. The summed E-state index contributed by atoms with van der Waals surface area (Å²) < 4.78 is 5.67. The molecule has 2 aromatic rings. The van der Waals surface area contributed by atoms with Crippen molar-refractivity contribution in [3.8, 4) is 0 Å². The summed E-state index contributed by atoms with van der Waals surface area (Å²) in [5, 5.41) is 2.65. The lowest BCUT2D eigenvalue weighted by atomic mass is 10.2. The second-order valence-electron chi connectivity index (χ2n) is 3.39. The Labute approximate surface area is 103 Å². The second-order valence-corrected chi connectivity index (χ2v) is 4.74. The van der Waals surface area contributed by atoms with Gasteiger partial charge in [0.1, 0.15) is 17.6 Å². The summed E-state index contributed by atoms with van der Waals surface area (Å²) in [4.78, 5) is 0.973. The lowest BCUT2D eigenvalue weighted by molar-refractivity contribution is 0.428. The van der Waals surface area contributed by atoms with Crippen molar-refractivity contribution in [1.29, 1.82) is 0 Å². The highest BCUT2D eigenvalue weighted by Crippen LogP contribution is 2.33. The summed E-state index contributed by atoms with van der Waals surface area (Å²) in [6.45, 7) is 2.05. The summed E-state index contributed by atoms with van der Waals surface area (Å²) in [7, 11) is 0. The van der Waals surface area contributed by atoms with Crippen molar-refractivity contribution >= 4 is 22.9 Å². The van der Waals surface area contributed by atoms with Crippen LogP contribution in [-0.2, 0) is 6.42 Å². The lowest BCUT2D eigenvalue weighted by Gasteiger charge is -2.11. The average molecular weight is 257 g/mol. The summed E-state index contributed by atoms with van der Waals surface area (Å²) >= 11 is 7.64. The van der Waals surface area contributed by atoms with Crippen LogP contribution in [0.1, 0.15) is 29.4 Å². The van der Waals surface area contributed by atoms with E-state index in [9.17, 15) is 0 Å². The van der Waals surface area contributed by atoms with Crippen molar-refractivity contribution in [3.63, 3.8) is 0 Å². The van der Waals surface area contributed by atoms with Gasteiger partial charge in [-0.1, -0.05) is 18.5 Å². The highest BCUT2D eigenvalue weighted by Gasteiger charge is 2.20. The van der Waals surface area contributed by atoms with Gasteiger partial charge in [0.25, 0.3) is 0 Å². The van der Waals surface area contributed by atoms with Gasteiger partial charge >= 0.3 is 0 Å². The van der Waals surface area contributed by atoms with Crippen LogP contribution in [0.25, 0.3) is 0 Å². The maximum atomic E-state index is 6.08. The van der Waals surface area contributed by atoms with Crippen LogP contribution in [0.2, 0.25) is 5.02 Å². The lowest BCUT2D eigenvalue weighted by Crippen LogP contribution is -2.28. The largest absolute Gasteiger partial charge is 0.464 e. The minimum Gasteiger partial charge on any atom is -0.464 e. The molecule has 86 valence electrons. The molecule has 0 amide bonds. The first-order chi connectivity index (χ1) is 7.76. The van der Waals surface area contributed by atoms with Crippen molar-refractivity contribution in [2.24, 2.45) is 5.84 Å². The molecule has 0 saturated carbocycles. The molecule has 16 heavy (non-hydrogen) atoms. The van der Waals surface area contributed by atoms with Crippen molar-refractivity contribution < 1.29 is 4.42 Å². The summed E-state index contributed by atoms with van der Waals surface area (Å²) in [6, 6.07) is 5.57. The van der Waals surface area contributed by atoms with Gasteiger partial charge in [0.15, 0.2) is 0 Å². The molecule has 0 aromatic carbocycles. The summed E-state index contributed by atoms with van der Waals surface area (Å²) in [6.07, 6.45) is 0.871. The fourth-order valence-electron chi connectivity index (χ4n) is 1.54. The molecule has 1 unspecified atom stereocenters. The predicted molar refractivity (Wildman–Crippen MR) is 66.6 cm³/mol. The van der Waals surface area contributed by atoms with Gasteiger partial charge in [-0.2, -0.15) is 0 Å². The second kappa shape index (κ2) is 5.01. The van der Waals surface area contributed by atoms with Gasteiger partial charge < -0.3 is 4.42 Å². The minimum absolute atomic E-state index is 0.173. The zero-order valence-corrected chi connectivity index (χ0v) is 10.4. The molecule has 0 spiro atoms. The maximum absolute atomic E-state index is 6.08. The number of aryl methyl sites for hydroxylation is 1. The van der Waals surface area contributed by atoms with E-state index < -0.39 is 0 Å². The Morgan fingerprint density at radius 3 is 2.81 bits per heavy atom. The van der Waals surface area contributed by atoms with Crippen LogP contribution in [-0.4, -0.2) is 0 Å². The maximum Gasteiger partial charge on any atom is 0.127 e. The molecule has 2 aromatic heterocycles. The number of nitrogens with one attached hydrogen (secondary N) is 1. The molecule has 2 rings (SSSR count). The standard InChI is InChI=1S/C11H13ClN2OS/c1-2-7-3-4-9(15-7)10(14-13)11-8(12)5-6-16-11/h3-6,10,14H,2,13H2,1H3. The van der Waals surface area contributed by atoms with Gasteiger partial charge in [0.05, 0.1) is 5.02 Å². The average Bonchev–Trinajstić information content (AvgIpc) is 2.90. The molecular formula is C11H13ClN2OS. The first-order valence-corrected chi connectivity index (χ1v) is 6.29. The summed E-state index contributed by atoms with van der Waals surface area (Å²) in [5.74, 6) is 7.30. The molecule has 3 N–H and O–H groups in total. The molecule has 0 bridgehead atoms. The molecule has 0 radical (unpaired) electrons. The fourth-order valence-corrected chi connectivity index (χ4v) is 2.77. The van der Waals surface area contributed by atoms with Crippen molar-refractivity contribution in [3.05, 3.63) is 45.0 Å². The molecular weight excluding hydrogens is 244 g/mol. The Kier molecular flexibility index (Phi) is 3.66. The highest BCUT2D eigenvalue weighted by molar-refractivity contribution is 7.10. The van der Waals surface area contributed by atoms with Gasteiger partial charge in [-0.15, -0.1) is 11.3 Å². The third-order valence-electron chi connectivity index (χ3n) is 2.39. The van der Waals surface area contributed by atoms with E-state index in [1.54, 1.807) is 11.3 Å². The topological polar surface area (TPSA) is 51.2 Å². The SMILES string of the molecule is CCc1ccc(C(NN)c2sccc2Cl)o1.